The molecule has 1 aliphatic heterocycles. The number of carbonyl (C=O) groups is 1. The molecule has 3 nitrogen and oxygen atoms in total. The van der Waals surface area contributed by atoms with E-state index in [-0.39, 0.29) is 0 Å². The topological polar surface area (TPSA) is 40.5 Å². The Kier molecular flexibility index (Phi) is 3.12. The summed E-state index contributed by atoms with van der Waals surface area (Å²) in [6, 6.07) is 10.3. The summed E-state index contributed by atoms with van der Waals surface area (Å²) < 4.78 is 0. The Morgan fingerprint density at radius 2 is 1.95 bits per heavy atom. The van der Waals surface area contributed by atoms with Crippen LogP contribution >= 0.6 is 11.3 Å². The van der Waals surface area contributed by atoms with Crippen LogP contribution in [0.15, 0.2) is 30.3 Å². The summed E-state index contributed by atoms with van der Waals surface area (Å²) in [6.07, 6.45) is 0. The Morgan fingerprint density at radius 3 is 2.47 bits per heavy atom. The number of hydrogen-bond acceptors (Lipinski definition) is 3. The SMILES string of the molecule is Cc1sc(C(=O)O)cc1CN1Cc2ccccc2C1. The van der Waals surface area contributed by atoms with Crippen molar-refractivity contribution in [3.05, 3.63) is 56.8 Å². The minimum Gasteiger partial charge on any atom is -0.477 e. The molecule has 0 unspecified atom stereocenters. The Bertz CT molecular complexity index is 608. The Balaban J connectivity index is 1.76. The molecule has 2 heterocycles. The molecular weight excluding hydrogens is 258 g/mol. The minimum atomic E-state index is -0.830. The van der Waals surface area contributed by atoms with E-state index in [9.17, 15) is 4.79 Å². The summed E-state index contributed by atoms with van der Waals surface area (Å²) in [6.45, 7) is 4.72. The third kappa shape index (κ3) is 2.41. The molecule has 4 heteroatoms. The number of benzene rings is 1. The number of rotatable bonds is 3. The summed E-state index contributed by atoms with van der Waals surface area (Å²) >= 11 is 1.36. The van der Waals surface area contributed by atoms with Crippen molar-refractivity contribution >= 4 is 17.3 Å². The highest BCUT2D eigenvalue weighted by atomic mass is 32.1. The Morgan fingerprint density at radius 1 is 1.32 bits per heavy atom. The van der Waals surface area contributed by atoms with Crippen LogP contribution in [0.3, 0.4) is 0 Å². The monoisotopic (exact) mass is 273 g/mol. The molecule has 98 valence electrons. The van der Waals surface area contributed by atoms with Crippen LogP contribution in [0.2, 0.25) is 0 Å². The summed E-state index contributed by atoms with van der Waals surface area (Å²) in [5, 5.41) is 9.02. The van der Waals surface area contributed by atoms with Crippen LogP contribution in [-0.4, -0.2) is 16.0 Å². The largest absolute Gasteiger partial charge is 0.477 e. The number of nitrogens with zero attached hydrogens (tertiary/aromatic N) is 1. The molecule has 1 aromatic carbocycles. The van der Waals surface area contributed by atoms with Gasteiger partial charge in [-0.3, -0.25) is 4.90 Å². The van der Waals surface area contributed by atoms with E-state index in [1.54, 1.807) is 0 Å². The van der Waals surface area contributed by atoms with Crippen molar-refractivity contribution in [2.24, 2.45) is 0 Å². The van der Waals surface area contributed by atoms with Crippen molar-refractivity contribution < 1.29 is 9.90 Å². The average molecular weight is 273 g/mol. The minimum absolute atomic E-state index is 0.434. The molecule has 0 saturated heterocycles. The maximum atomic E-state index is 11.0. The molecule has 0 atom stereocenters. The fraction of sp³-hybridized carbons (Fsp3) is 0.267. The molecule has 1 aliphatic rings. The number of aryl methyl sites for hydroxylation is 1. The molecule has 0 bridgehead atoms. The van der Waals surface area contributed by atoms with Gasteiger partial charge in [-0.05, 0) is 29.7 Å². The van der Waals surface area contributed by atoms with Gasteiger partial charge in [0.05, 0.1) is 0 Å². The van der Waals surface area contributed by atoms with E-state index >= 15 is 0 Å². The Hall–Kier alpha value is -1.65. The van der Waals surface area contributed by atoms with E-state index in [0.29, 0.717) is 4.88 Å². The predicted molar refractivity (Wildman–Crippen MR) is 75.4 cm³/mol. The van der Waals surface area contributed by atoms with Gasteiger partial charge in [0, 0.05) is 24.5 Å². The van der Waals surface area contributed by atoms with Crippen molar-refractivity contribution in [3.63, 3.8) is 0 Å². The van der Waals surface area contributed by atoms with Gasteiger partial charge in [0.25, 0.3) is 0 Å². The van der Waals surface area contributed by atoms with Gasteiger partial charge in [-0.1, -0.05) is 24.3 Å². The van der Waals surface area contributed by atoms with Crippen LogP contribution in [0.4, 0.5) is 0 Å². The van der Waals surface area contributed by atoms with Crippen LogP contribution in [0.1, 0.15) is 31.2 Å². The first-order chi connectivity index (χ1) is 9.13. The van der Waals surface area contributed by atoms with Gasteiger partial charge < -0.3 is 5.11 Å². The van der Waals surface area contributed by atoms with Crippen LogP contribution in [0.5, 0.6) is 0 Å². The van der Waals surface area contributed by atoms with Crippen LogP contribution in [0.25, 0.3) is 0 Å². The van der Waals surface area contributed by atoms with Crippen LogP contribution in [-0.2, 0) is 19.6 Å². The normalized spacial score (nSPS) is 14.6. The quantitative estimate of drug-likeness (QED) is 0.933. The molecule has 0 aliphatic carbocycles. The second-order valence-corrected chi connectivity index (χ2v) is 6.17. The number of fused-ring (bicyclic) bond motifs is 1. The zero-order valence-electron chi connectivity index (χ0n) is 10.7. The van der Waals surface area contributed by atoms with E-state index in [0.717, 1.165) is 30.1 Å². The van der Waals surface area contributed by atoms with Gasteiger partial charge in [-0.15, -0.1) is 11.3 Å². The van der Waals surface area contributed by atoms with Gasteiger partial charge in [-0.2, -0.15) is 0 Å². The molecule has 0 amide bonds. The molecule has 0 saturated carbocycles. The highest BCUT2D eigenvalue weighted by molar-refractivity contribution is 7.14. The first-order valence-corrected chi connectivity index (χ1v) is 7.07. The molecule has 19 heavy (non-hydrogen) atoms. The zero-order chi connectivity index (χ0) is 13.4. The first kappa shape index (κ1) is 12.4. The van der Waals surface area contributed by atoms with Crippen molar-refractivity contribution in [3.8, 4) is 0 Å². The first-order valence-electron chi connectivity index (χ1n) is 6.25. The van der Waals surface area contributed by atoms with Crippen molar-refractivity contribution in [2.45, 2.75) is 26.6 Å². The third-order valence-electron chi connectivity index (χ3n) is 3.53. The number of aromatic carboxylic acids is 1. The lowest BCUT2D eigenvalue weighted by atomic mass is 10.1. The smallest absolute Gasteiger partial charge is 0.345 e. The molecule has 0 radical (unpaired) electrons. The summed E-state index contributed by atoms with van der Waals surface area (Å²) in [5.74, 6) is -0.830. The van der Waals surface area contributed by atoms with E-state index in [1.165, 1.54) is 22.5 Å². The number of carboxylic acids is 1. The average Bonchev–Trinajstić information content (AvgIpc) is 2.93. The highest BCUT2D eigenvalue weighted by Gasteiger charge is 2.20. The summed E-state index contributed by atoms with van der Waals surface area (Å²) in [4.78, 5) is 14.9. The predicted octanol–water partition coefficient (Wildman–Crippen LogP) is 3.27. The molecule has 1 aromatic heterocycles. The van der Waals surface area contributed by atoms with E-state index in [4.69, 9.17) is 5.11 Å². The number of thiophene rings is 1. The third-order valence-corrected chi connectivity index (χ3v) is 4.61. The van der Waals surface area contributed by atoms with Crippen LogP contribution in [0, 0.1) is 6.92 Å². The van der Waals surface area contributed by atoms with Gasteiger partial charge in [0.1, 0.15) is 4.88 Å². The highest BCUT2D eigenvalue weighted by Crippen LogP contribution is 2.27. The Labute approximate surface area is 116 Å². The van der Waals surface area contributed by atoms with E-state index < -0.39 is 5.97 Å². The molecule has 0 fully saturated rings. The van der Waals surface area contributed by atoms with Crippen molar-refractivity contribution in [1.29, 1.82) is 0 Å². The fourth-order valence-electron chi connectivity index (χ4n) is 2.54. The van der Waals surface area contributed by atoms with Crippen molar-refractivity contribution in [2.75, 3.05) is 0 Å². The van der Waals surface area contributed by atoms with E-state index in [1.807, 2.05) is 13.0 Å². The summed E-state index contributed by atoms with van der Waals surface area (Å²) in [5.41, 5.74) is 3.90. The molecule has 3 rings (SSSR count). The lowest BCUT2D eigenvalue weighted by Gasteiger charge is -2.14. The lowest BCUT2D eigenvalue weighted by molar-refractivity contribution is 0.0702. The second-order valence-electron chi connectivity index (χ2n) is 4.91. The second kappa shape index (κ2) is 4.79. The summed E-state index contributed by atoms with van der Waals surface area (Å²) in [7, 11) is 0. The molecule has 1 N–H and O–H groups in total. The molecule has 0 spiro atoms. The lowest BCUT2D eigenvalue weighted by Crippen LogP contribution is -2.15. The van der Waals surface area contributed by atoms with Gasteiger partial charge in [0.15, 0.2) is 0 Å². The van der Waals surface area contributed by atoms with Gasteiger partial charge >= 0.3 is 5.97 Å². The number of carboxylic acid groups (broad SMARTS) is 1. The van der Waals surface area contributed by atoms with E-state index in [2.05, 4.69) is 29.2 Å². The van der Waals surface area contributed by atoms with Crippen molar-refractivity contribution in [1.82, 2.24) is 4.90 Å². The maximum Gasteiger partial charge on any atom is 0.345 e. The van der Waals surface area contributed by atoms with Gasteiger partial charge in [0.2, 0.25) is 0 Å². The standard InChI is InChI=1S/C15H15NO2S/c1-10-13(6-14(19-10)15(17)18)9-16-7-11-4-2-3-5-12(11)8-16/h2-6H,7-9H2,1H3,(H,17,18). The zero-order valence-corrected chi connectivity index (χ0v) is 11.5. The molecule has 2 aromatic rings. The maximum absolute atomic E-state index is 11.0. The number of hydrogen-bond donors (Lipinski definition) is 1. The molecular formula is C15H15NO2S. The van der Waals surface area contributed by atoms with Gasteiger partial charge in [-0.25, -0.2) is 4.79 Å². The fourth-order valence-corrected chi connectivity index (χ4v) is 3.41. The van der Waals surface area contributed by atoms with Crippen LogP contribution < -0.4 is 0 Å².